The molecule has 7 nitrogen and oxygen atoms in total. The van der Waals surface area contributed by atoms with Crippen molar-refractivity contribution in [1.29, 1.82) is 0 Å². The number of likely N-dealkylation sites (tertiary alicyclic amines) is 1. The molecule has 0 bridgehead atoms. The maximum absolute atomic E-state index is 12.8. The normalized spacial score (nSPS) is 19.7. The highest BCUT2D eigenvalue weighted by Gasteiger charge is 2.36. The molecule has 0 saturated carbocycles. The van der Waals surface area contributed by atoms with E-state index < -0.39 is 0 Å². The average Bonchev–Trinajstić information content (AvgIpc) is 3.17. The monoisotopic (exact) mass is 339 g/mol. The molecule has 0 atom stereocenters. The quantitative estimate of drug-likeness (QED) is 0.783. The molecule has 25 heavy (non-hydrogen) atoms. The molecule has 1 amide bonds. The highest BCUT2D eigenvalue weighted by Crippen LogP contribution is 2.33. The zero-order valence-electron chi connectivity index (χ0n) is 14.3. The number of amides is 1. The second-order valence-corrected chi connectivity index (χ2v) is 6.75. The highest BCUT2D eigenvalue weighted by molar-refractivity contribution is 5.94. The number of hydrogen-bond acceptors (Lipinski definition) is 5. The summed E-state index contributed by atoms with van der Waals surface area (Å²) in [6.07, 6.45) is 6.52. The maximum Gasteiger partial charge on any atom is 0.253 e. The fourth-order valence-electron chi connectivity index (χ4n) is 3.57. The lowest BCUT2D eigenvalue weighted by Gasteiger charge is -2.42. The minimum atomic E-state index is -0.164. The smallest absolute Gasteiger partial charge is 0.253 e. The summed E-state index contributed by atoms with van der Waals surface area (Å²) in [5.74, 6) is 0.0645. The first kappa shape index (κ1) is 16.0. The van der Waals surface area contributed by atoms with Crippen LogP contribution in [-0.4, -0.2) is 56.3 Å². The Morgan fingerprint density at radius 1 is 1.20 bits per heavy atom. The van der Waals surface area contributed by atoms with E-state index >= 15 is 0 Å². The largest absolute Gasteiger partial charge is 0.370 e. The van der Waals surface area contributed by atoms with Crippen LogP contribution in [0, 0.1) is 0 Å². The van der Waals surface area contributed by atoms with E-state index in [4.69, 9.17) is 4.74 Å². The highest BCUT2D eigenvalue weighted by atomic mass is 16.5. The first-order chi connectivity index (χ1) is 12.2. The number of hydrogen-bond donors (Lipinski definition) is 0. The van der Waals surface area contributed by atoms with Crippen molar-refractivity contribution in [3.05, 3.63) is 47.8 Å². The molecule has 2 aliphatic heterocycles. The van der Waals surface area contributed by atoms with Gasteiger partial charge in [-0.15, -0.1) is 5.10 Å². The van der Waals surface area contributed by atoms with Crippen LogP contribution in [0.2, 0.25) is 0 Å². The molecule has 1 aromatic carbocycles. The van der Waals surface area contributed by atoms with Gasteiger partial charge in [0, 0.05) is 18.7 Å². The third-order valence-electron chi connectivity index (χ3n) is 5.02. The molecule has 1 aromatic heterocycles. The van der Waals surface area contributed by atoms with Gasteiger partial charge < -0.3 is 9.64 Å². The van der Waals surface area contributed by atoms with Crippen LogP contribution < -0.4 is 0 Å². The number of rotatable bonds is 2. The Bertz CT molecular complexity index is 774. The van der Waals surface area contributed by atoms with Gasteiger partial charge in [-0.2, -0.15) is 0 Å². The van der Waals surface area contributed by atoms with Crippen molar-refractivity contribution < 1.29 is 9.53 Å². The van der Waals surface area contributed by atoms with Crippen molar-refractivity contribution in [2.24, 2.45) is 0 Å². The molecule has 3 heterocycles. The summed E-state index contributed by atoms with van der Waals surface area (Å²) >= 11 is 0. The topological polar surface area (TPSA) is 73.1 Å². The first-order valence-electron chi connectivity index (χ1n) is 8.60. The van der Waals surface area contributed by atoms with Crippen molar-refractivity contribution in [2.75, 3.05) is 19.7 Å². The van der Waals surface area contributed by atoms with E-state index in [-0.39, 0.29) is 11.5 Å². The molecule has 0 radical (unpaired) electrons. The van der Waals surface area contributed by atoms with Gasteiger partial charge in [0.25, 0.3) is 5.91 Å². The SMILES string of the molecule is CC1=CC2(CCN(C(=O)c3ccc(-n4cnnn4)cc3)CC2)OCC1. The summed E-state index contributed by atoms with van der Waals surface area (Å²) < 4.78 is 7.60. The van der Waals surface area contributed by atoms with E-state index in [2.05, 4.69) is 28.5 Å². The van der Waals surface area contributed by atoms with Gasteiger partial charge in [0.05, 0.1) is 17.9 Å². The number of carbonyl (C=O) groups is 1. The van der Waals surface area contributed by atoms with Crippen molar-refractivity contribution in [1.82, 2.24) is 25.1 Å². The van der Waals surface area contributed by atoms with Gasteiger partial charge in [0.2, 0.25) is 0 Å². The summed E-state index contributed by atoms with van der Waals surface area (Å²) in [6.45, 7) is 4.39. The second kappa shape index (κ2) is 6.40. The summed E-state index contributed by atoms with van der Waals surface area (Å²) in [5.41, 5.74) is 2.74. The summed E-state index contributed by atoms with van der Waals surface area (Å²) in [4.78, 5) is 14.7. The summed E-state index contributed by atoms with van der Waals surface area (Å²) in [7, 11) is 0. The zero-order valence-corrected chi connectivity index (χ0v) is 14.3. The molecular weight excluding hydrogens is 318 g/mol. The standard InChI is InChI=1S/C18H21N5O2/c1-14-6-11-25-18(12-14)7-9-22(10-8-18)17(24)15-2-4-16(5-3-15)23-13-19-20-21-23/h2-5,12-13H,6-11H2,1H3. The van der Waals surface area contributed by atoms with E-state index in [1.165, 1.54) is 11.9 Å². The lowest BCUT2D eigenvalue weighted by atomic mass is 9.87. The number of tetrazole rings is 1. The maximum atomic E-state index is 12.8. The van der Waals surface area contributed by atoms with E-state index in [0.29, 0.717) is 5.56 Å². The van der Waals surface area contributed by atoms with E-state index in [1.54, 1.807) is 4.68 Å². The van der Waals surface area contributed by atoms with Crippen LogP contribution in [0.1, 0.15) is 36.5 Å². The molecule has 1 saturated heterocycles. The van der Waals surface area contributed by atoms with Crippen LogP contribution in [0.5, 0.6) is 0 Å². The molecule has 1 spiro atoms. The van der Waals surface area contributed by atoms with Gasteiger partial charge in [-0.25, -0.2) is 4.68 Å². The number of aromatic nitrogens is 4. The molecule has 0 aliphatic carbocycles. The molecule has 130 valence electrons. The van der Waals surface area contributed by atoms with E-state index in [1.807, 2.05) is 29.2 Å². The minimum absolute atomic E-state index is 0.0645. The predicted octanol–water partition coefficient (Wildman–Crippen LogP) is 2.00. The van der Waals surface area contributed by atoms with Gasteiger partial charge in [0.15, 0.2) is 0 Å². The third-order valence-corrected chi connectivity index (χ3v) is 5.02. The fourth-order valence-corrected chi connectivity index (χ4v) is 3.57. The van der Waals surface area contributed by atoms with Gasteiger partial charge in [-0.05, 0) is 60.9 Å². The third kappa shape index (κ3) is 3.19. The molecule has 0 N–H and O–H groups in total. The zero-order chi connectivity index (χ0) is 17.3. The number of benzene rings is 1. The number of nitrogens with zero attached hydrogens (tertiary/aromatic N) is 5. The van der Waals surface area contributed by atoms with Gasteiger partial charge >= 0.3 is 0 Å². The van der Waals surface area contributed by atoms with Crippen LogP contribution in [0.15, 0.2) is 42.2 Å². The van der Waals surface area contributed by atoms with E-state index in [0.717, 1.165) is 44.6 Å². The van der Waals surface area contributed by atoms with E-state index in [9.17, 15) is 4.79 Å². The van der Waals surface area contributed by atoms with Crippen LogP contribution in [-0.2, 0) is 4.74 Å². The number of piperidine rings is 1. The Morgan fingerprint density at radius 2 is 1.96 bits per heavy atom. The van der Waals surface area contributed by atoms with Crippen molar-refractivity contribution in [3.8, 4) is 5.69 Å². The summed E-state index contributed by atoms with van der Waals surface area (Å²) in [6, 6.07) is 7.35. The molecule has 4 rings (SSSR count). The Kier molecular flexibility index (Phi) is 4.09. The lowest BCUT2D eigenvalue weighted by molar-refractivity contribution is -0.0522. The Balaban J connectivity index is 1.43. The fraction of sp³-hybridized carbons (Fsp3) is 0.444. The van der Waals surface area contributed by atoms with Crippen molar-refractivity contribution in [2.45, 2.75) is 31.8 Å². The van der Waals surface area contributed by atoms with Crippen molar-refractivity contribution in [3.63, 3.8) is 0 Å². The van der Waals surface area contributed by atoms with Crippen LogP contribution in [0.3, 0.4) is 0 Å². The van der Waals surface area contributed by atoms with Gasteiger partial charge in [-0.1, -0.05) is 11.6 Å². The Labute approximate surface area is 146 Å². The Hall–Kier alpha value is -2.54. The second-order valence-electron chi connectivity index (χ2n) is 6.75. The molecule has 7 heteroatoms. The number of carbonyl (C=O) groups excluding carboxylic acids is 1. The molecular formula is C18H21N5O2. The molecule has 1 fully saturated rings. The lowest BCUT2D eigenvalue weighted by Crippen LogP contribution is -2.48. The molecule has 2 aliphatic rings. The van der Waals surface area contributed by atoms with Crippen LogP contribution in [0.25, 0.3) is 5.69 Å². The van der Waals surface area contributed by atoms with Crippen molar-refractivity contribution >= 4 is 5.91 Å². The summed E-state index contributed by atoms with van der Waals surface area (Å²) in [5, 5.41) is 11.1. The predicted molar refractivity (Wildman–Crippen MR) is 91.3 cm³/mol. The average molecular weight is 339 g/mol. The van der Waals surface area contributed by atoms with Gasteiger partial charge in [-0.3, -0.25) is 4.79 Å². The van der Waals surface area contributed by atoms with Crippen LogP contribution >= 0.6 is 0 Å². The first-order valence-corrected chi connectivity index (χ1v) is 8.60. The number of ether oxygens (including phenoxy) is 1. The molecule has 0 unspecified atom stereocenters. The molecule has 2 aromatic rings. The van der Waals surface area contributed by atoms with Crippen LogP contribution in [0.4, 0.5) is 0 Å². The Morgan fingerprint density at radius 3 is 2.60 bits per heavy atom. The minimum Gasteiger partial charge on any atom is -0.370 e. The van der Waals surface area contributed by atoms with Gasteiger partial charge in [0.1, 0.15) is 6.33 Å².